The normalized spacial score (nSPS) is 26.7. The van der Waals surface area contributed by atoms with E-state index in [-0.39, 0.29) is 35.0 Å². The summed E-state index contributed by atoms with van der Waals surface area (Å²) in [5.41, 5.74) is -2.69. The minimum atomic E-state index is -4.70. The Morgan fingerprint density at radius 3 is 2.71 bits per heavy atom. The van der Waals surface area contributed by atoms with Crippen molar-refractivity contribution in [1.29, 1.82) is 0 Å². The molecule has 3 heterocycles. The van der Waals surface area contributed by atoms with Gasteiger partial charge in [-0.1, -0.05) is 11.6 Å². The van der Waals surface area contributed by atoms with Crippen LogP contribution in [-0.2, 0) is 5.41 Å². The van der Waals surface area contributed by atoms with Crippen LogP contribution in [0.25, 0.3) is 5.65 Å². The van der Waals surface area contributed by atoms with Crippen LogP contribution in [0.15, 0.2) is 12.3 Å². The molecule has 0 aromatic carbocycles. The maximum absolute atomic E-state index is 13.9. The molecule has 1 fully saturated rings. The van der Waals surface area contributed by atoms with Crippen LogP contribution in [0.4, 0.5) is 32.4 Å². The average Bonchev–Trinajstić information content (AvgIpc) is 3.20. The van der Waals surface area contributed by atoms with Gasteiger partial charge in [-0.05, 0) is 13.3 Å². The van der Waals surface area contributed by atoms with E-state index in [0.29, 0.717) is 0 Å². The second-order valence-electron chi connectivity index (χ2n) is 7.39. The number of carbonyl (C=O) groups excluding carboxylic acids is 1. The SMILES string of the molecule is C[C@@]1(C(F)(F)F)CN(C(=O)N[C@@H]2CCC(F)(F)C2)c2cnc3cc(Cl)nn3c21. The van der Waals surface area contributed by atoms with Crippen LogP contribution in [0.2, 0.25) is 5.15 Å². The summed E-state index contributed by atoms with van der Waals surface area (Å²) < 4.78 is 69.6. The molecular weight excluding hydrogens is 409 g/mol. The van der Waals surface area contributed by atoms with Gasteiger partial charge in [0.25, 0.3) is 0 Å². The summed E-state index contributed by atoms with van der Waals surface area (Å²) in [6, 6.07) is -0.377. The van der Waals surface area contributed by atoms with Gasteiger partial charge in [-0.2, -0.15) is 18.3 Å². The molecule has 4 rings (SSSR count). The highest BCUT2D eigenvalue weighted by atomic mass is 35.5. The molecule has 28 heavy (non-hydrogen) atoms. The smallest absolute Gasteiger partial charge is 0.335 e. The van der Waals surface area contributed by atoms with Crippen molar-refractivity contribution in [3.63, 3.8) is 0 Å². The molecule has 2 aromatic rings. The van der Waals surface area contributed by atoms with Gasteiger partial charge in [-0.25, -0.2) is 23.1 Å². The lowest BCUT2D eigenvalue weighted by Gasteiger charge is -2.28. The van der Waals surface area contributed by atoms with Gasteiger partial charge in [0, 0.05) is 31.5 Å². The highest BCUT2D eigenvalue weighted by molar-refractivity contribution is 6.29. The van der Waals surface area contributed by atoms with Gasteiger partial charge in [0.15, 0.2) is 10.8 Å². The first-order valence-electron chi connectivity index (χ1n) is 8.49. The first kappa shape index (κ1) is 19.2. The highest BCUT2D eigenvalue weighted by Crippen LogP contribution is 2.50. The molecule has 0 spiro atoms. The van der Waals surface area contributed by atoms with E-state index < -0.39 is 42.6 Å². The molecule has 1 aliphatic carbocycles. The monoisotopic (exact) mass is 423 g/mol. The number of carbonyl (C=O) groups is 1. The fraction of sp³-hybridized carbons (Fsp3) is 0.562. The molecule has 2 aromatic heterocycles. The number of fused-ring (bicyclic) bond motifs is 3. The standard InChI is InChI=1S/C16H15ClF5N5O/c1-14(16(20,21)22)7-26(13(28)24-8-2-3-15(18,19)5-8)9-6-23-11-4-10(17)25-27(11)12(9)14/h4,6,8H,2-3,5,7H2,1H3,(H,24,28)/t8-,14-/m1/s1. The Hall–Kier alpha value is -2.17. The molecule has 0 saturated heterocycles. The van der Waals surface area contributed by atoms with Crippen LogP contribution in [0.5, 0.6) is 0 Å². The van der Waals surface area contributed by atoms with Crippen LogP contribution in [0, 0.1) is 0 Å². The summed E-state index contributed by atoms with van der Waals surface area (Å²) in [6.45, 7) is 0.233. The van der Waals surface area contributed by atoms with Crippen LogP contribution >= 0.6 is 11.6 Å². The van der Waals surface area contributed by atoms with Crippen LogP contribution < -0.4 is 10.2 Å². The zero-order chi connectivity index (χ0) is 20.5. The number of urea groups is 1. The van der Waals surface area contributed by atoms with Gasteiger partial charge in [-0.15, -0.1) is 0 Å². The van der Waals surface area contributed by atoms with Crippen LogP contribution in [-0.4, -0.2) is 45.3 Å². The fourth-order valence-electron chi connectivity index (χ4n) is 3.82. The third-order valence-electron chi connectivity index (χ3n) is 5.32. The second kappa shape index (κ2) is 5.91. The van der Waals surface area contributed by atoms with Crippen molar-refractivity contribution < 1.29 is 26.7 Å². The molecule has 152 valence electrons. The van der Waals surface area contributed by atoms with Crippen molar-refractivity contribution in [2.24, 2.45) is 0 Å². The lowest BCUT2D eigenvalue weighted by atomic mass is 9.88. The minimum absolute atomic E-state index is 0.0403. The Bertz CT molecular complexity index is 961. The quantitative estimate of drug-likeness (QED) is 0.707. The van der Waals surface area contributed by atoms with E-state index >= 15 is 0 Å². The third-order valence-corrected chi connectivity index (χ3v) is 5.51. The van der Waals surface area contributed by atoms with E-state index in [0.717, 1.165) is 22.5 Å². The molecular formula is C16H15ClF5N5O. The molecule has 1 saturated carbocycles. The first-order chi connectivity index (χ1) is 12.9. The third kappa shape index (κ3) is 2.87. The number of nitrogens with zero attached hydrogens (tertiary/aromatic N) is 4. The highest BCUT2D eigenvalue weighted by Gasteiger charge is 2.60. The van der Waals surface area contributed by atoms with Crippen molar-refractivity contribution in [2.75, 3.05) is 11.4 Å². The number of nitrogens with one attached hydrogen (secondary N) is 1. The molecule has 12 heteroatoms. The van der Waals surface area contributed by atoms with Crippen molar-refractivity contribution in [1.82, 2.24) is 19.9 Å². The maximum Gasteiger partial charge on any atom is 0.401 e. The average molecular weight is 424 g/mol. The second-order valence-corrected chi connectivity index (χ2v) is 7.78. The van der Waals surface area contributed by atoms with Gasteiger partial charge >= 0.3 is 12.2 Å². The van der Waals surface area contributed by atoms with Gasteiger partial charge < -0.3 is 5.32 Å². The largest absolute Gasteiger partial charge is 0.401 e. The Kier molecular flexibility index (Phi) is 4.05. The van der Waals surface area contributed by atoms with Crippen molar-refractivity contribution >= 4 is 29.0 Å². The number of halogens is 6. The molecule has 0 radical (unpaired) electrons. The zero-order valence-corrected chi connectivity index (χ0v) is 15.3. The predicted octanol–water partition coefficient (Wildman–Crippen LogP) is 3.92. The number of aromatic nitrogens is 3. The lowest BCUT2D eigenvalue weighted by Crippen LogP contribution is -2.49. The number of alkyl halides is 5. The van der Waals surface area contributed by atoms with Gasteiger partial charge in [0.1, 0.15) is 5.41 Å². The lowest BCUT2D eigenvalue weighted by molar-refractivity contribution is -0.181. The van der Waals surface area contributed by atoms with Crippen molar-refractivity contribution in [3.8, 4) is 0 Å². The fourth-order valence-corrected chi connectivity index (χ4v) is 3.99. The van der Waals surface area contributed by atoms with Gasteiger partial charge in [0.2, 0.25) is 5.92 Å². The predicted molar refractivity (Wildman–Crippen MR) is 89.9 cm³/mol. The summed E-state index contributed by atoms with van der Waals surface area (Å²) in [5, 5.41) is 6.25. The Labute approximate surface area is 160 Å². The number of hydrogen-bond acceptors (Lipinski definition) is 3. The van der Waals surface area contributed by atoms with E-state index in [1.165, 1.54) is 6.07 Å². The minimum Gasteiger partial charge on any atom is -0.335 e. The van der Waals surface area contributed by atoms with Crippen molar-refractivity contribution in [3.05, 3.63) is 23.1 Å². The van der Waals surface area contributed by atoms with E-state index in [9.17, 15) is 26.7 Å². The summed E-state index contributed by atoms with van der Waals surface area (Å²) in [6.07, 6.45) is -4.42. The number of anilines is 1. The Morgan fingerprint density at radius 2 is 2.11 bits per heavy atom. The number of hydrogen-bond donors (Lipinski definition) is 1. The van der Waals surface area contributed by atoms with E-state index in [4.69, 9.17) is 11.6 Å². The van der Waals surface area contributed by atoms with Gasteiger partial charge in [0.05, 0.1) is 17.6 Å². The van der Waals surface area contributed by atoms with Gasteiger partial charge in [-0.3, -0.25) is 4.90 Å². The summed E-state index contributed by atoms with van der Waals surface area (Å²) in [5.74, 6) is -2.89. The van der Waals surface area contributed by atoms with Crippen LogP contribution in [0.3, 0.4) is 0 Å². The van der Waals surface area contributed by atoms with Crippen LogP contribution in [0.1, 0.15) is 31.9 Å². The summed E-state index contributed by atoms with van der Waals surface area (Å²) in [7, 11) is 0. The molecule has 2 atom stereocenters. The molecule has 2 aliphatic rings. The first-order valence-corrected chi connectivity index (χ1v) is 8.86. The molecule has 6 nitrogen and oxygen atoms in total. The summed E-state index contributed by atoms with van der Waals surface area (Å²) in [4.78, 5) is 17.5. The molecule has 1 N–H and O–H groups in total. The van der Waals surface area contributed by atoms with E-state index in [2.05, 4.69) is 15.4 Å². The Morgan fingerprint density at radius 1 is 1.39 bits per heavy atom. The molecule has 1 aliphatic heterocycles. The van der Waals surface area contributed by atoms with E-state index in [1.54, 1.807) is 0 Å². The molecule has 2 amide bonds. The summed E-state index contributed by atoms with van der Waals surface area (Å²) >= 11 is 5.81. The van der Waals surface area contributed by atoms with Crippen molar-refractivity contribution in [2.45, 2.75) is 49.7 Å². The topological polar surface area (TPSA) is 62.5 Å². The number of amides is 2. The number of rotatable bonds is 1. The molecule has 0 bridgehead atoms. The Balaban J connectivity index is 1.74. The zero-order valence-electron chi connectivity index (χ0n) is 14.5. The van der Waals surface area contributed by atoms with E-state index in [1.807, 2.05) is 0 Å². The molecule has 0 unspecified atom stereocenters. The maximum atomic E-state index is 13.9.